The lowest BCUT2D eigenvalue weighted by Gasteiger charge is -2.12. The molecule has 0 spiro atoms. The summed E-state index contributed by atoms with van der Waals surface area (Å²) in [7, 11) is 0. The number of aryl methyl sites for hydroxylation is 1. The summed E-state index contributed by atoms with van der Waals surface area (Å²) in [6.07, 6.45) is 0. The molecule has 2 aromatic carbocycles. The highest BCUT2D eigenvalue weighted by atomic mass is 32.1. The van der Waals surface area contributed by atoms with Gasteiger partial charge in [-0.3, -0.25) is 10.1 Å². The number of hydrogen-bond acceptors (Lipinski definition) is 3. The second kappa shape index (κ2) is 7.19. The molecule has 2 aromatic rings. The fraction of sp³-hybridized carbons (Fsp3) is 0.235. The van der Waals surface area contributed by atoms with Crippen LogP contribution in [0.1, 0.15) is 30.9 Å². The Morgan fingerprint density at radius 1 is 1.13 bits per heavy atom. The summed E-state index contributed by atoms with van der Waals surface area (Å²) in [5.74, 6) is 0.462. The molecule has 0 radical (unpaired) electrons. The van der Waals surface area contributed by atoms with Crippen molar-refractivity contribution in [3.63, 3.8) is 0 Å². The molecule has 0 aliphatic heterocycles. The van der Waals surface area contributed by atoms with Gasteiger partial charge in [-0.15, -0.1) is 0 Å². The van der Waals surface area contributed by atoms with Crippen LogP contribution in [0.3, 0.4) is 0 Å². The number of anilines is 2. The molecule has 120 valence electrons. The monoisotopic (exact) mass is 329 g/mol. The summed E-state index contributed by atoms with van der Waals surface area (Å²) in [5.41, 5.74) is 3.27. The molecule has 0 atom stereocenters. The van der Waals surface area contributed by atoms with Crippen LogP contribution < -0.4 is 10.6 Å². The Kier molecular flexibility index (Phi) is 5.28. The minimum atomic E-state index is -0.421. The first-order chi connectivity index (χ1) is 10.9. The van der Waals surface area contributed by atoms with E-state index in [1.165, 1.54) is 11.6 Å². The molecule has 0 unspecified atom stereocenters. The van der Waals surface area contributed by atoms with E-state index in [-0.39, 0.29) is 5.69 Å². The molecule has 6 heteroatoms. The van der Waals surface area contributed by atoms with Crippen LogP contribution in [-0.2, 0) is 0 Å². The van der Waals surface area contributed by atoms with E-state index >= 15 is 0 Å². The maximum Gasteiger partial charge on any atom is 0.292 e. The van der Waals surface area contributed by atoms with Gasteiger partial charge in [-0.25, -0.2) is 0 Å². The molecule has 0 heterocycles. The van der Waals surface area contributed by atoms with Crippen molar-refractivity contribution in [3.8, 4) is 0 Å². The predicted molar refractivity (Wildman–Crippen MR) is 98.2 cm³/mol. The Hall–Kier alpha value is -2.47. The highest BCUT2D eigenvalue weighted by Gasteiger charge is 2.14. The quantitative estimate of drug-likeness (QED) is 0.477. The molecule has 0 saturated heterocycles. The zero-order valence-electron chi connectivity index (χ0n) is 13.3. The van der Waals surface area contributed by atoms with Crippen molar-refractivity contribution in [1.29, 1.82) is 0 Å². The molecule has 0 amide bonds. The van der Waals surface area contributed by atoms with Crippen molar-refractivity contribution >= 4 is 34.4 Å². The number of nitrogens with one attached hydrogen (secondary N) is 2. The lowest BCUT2D eigenvalue weighted by atomic mass is 10.0. The normalized spacial score (nSPS) is 10.4. The number of hydrogen-bond donors (Lipinski definition) is 2. The number of nitrogens with zero attached hydrogens (tertiary/aromatic N) is 1. The molecule has 0 aromatic heterocycles. The third kappa shape index (κ3) is 4.50. The third-order valence-electron chi connectivity index (χ3n) is 3.43. The van der Waals surface area contributed by atoms with E-state index in [1.807, 2.05) is 31.2 Å². The van der Waals surface area contributed by atoms with Crippen LogP contribution >= 0.6 is 12.2 Å². The summed E-state index contributed by atoms with van der Waals surface area (Å²) in [6, 6.07) is 12.9. The number of nitro groups is 1. The maximum atomic E-state index is 11.1. The first kappa shape index (κ1) is 16.9. The first-order valence-corrected chi connectivity index (χ1v) is 7.70. The van der Waals surface area contributed by atoms with Gasteiger partial charge in [0.05, 0.1) is 4.92 Å². The molecule has 0 bridgehead atoms. The number of thiocarbonyl (C=S) groups is 1. The number of nitro benzene ring substituents is 1. The first-order valence-electron chi connectivity index (χ1n) is 7.30. The van der Waals surface area contributed by atoms with Crippen LogP contribution in [-0.4, -0.2) is 10.0 Å². The van der Waals surface area contributed by atoms with Gasteiger partial charge in [0.1, 0.15) is 5.69 Å². The Labute approximate surface area is 140 Å². The van der Waals surface area contributed by atoms with Crippen molar-refractivity contribution < 1.29 is 4.92 Å². The predicted octanol–water partition coefficient (Wildman–Crippen LogP) is 4.84. The van der Waals surface area contributed by atoms with E-state index in [2.05, 4.69) is 24.5 Å². The van der Waals surface area contributed by atoms with Crippen molar-refractivity contribution in [2.75, 3.05) is 10.6 Å². The van der Waals surface area contributed by atoms with Gasteiger partial charge in [0.15, 0.2) is 5.11 Å². The van der Waals surface area contributed by atoms with E-state index in [4.69, 9.17) is 12.2 Å². The van der Waals surface area contributed by atoms with Gasteiger partial charge in [0.2, 0.25) is 0 Å². The number of rotatable bonds is 4. The van der Waals surface area contributed by atoms with E-state index < -0.39 is 4.92 Å². The average Bonchev–Trinajstić information content (AvgIpc) is 2.49. The van der Waals surface area contributed by atoms with E-state index in [0.717, 1.165) is 11.3 Å². The van der Waals surface area contributed by atoms with E-state index in [1.54, 1.807) is 12.1 Å². The van der Waals surface area contributed by atoms with Gasteiger partial charge in [-0.2, -0.15) is 0 Å². The van der Waals surface area contributed by atoms with Gasteiger partial charge in [0, 0.05) is 11.8 Å². The molecule has 0 aliphatic rings. The van der Waals surface area contributed by atoms with Gasteiger partial charge < -0.3 is 10.6 Å². The van der Waals surface area contributed by atoms with Gasteiger partial charge in [0.25, 0.3) is 5.69 Å². The van der Waals surface area contributed by atoms with Gasteiger partial charge in [-0.1, -0.05) is 32.0 Å². The van der Waals surface area contributed by atoms with E-state index in [9.17, 15) is 10.1 Å². The fourth-order valence-electron chi connectivity index (χ4n) is 2.13. The molecule has 0 fully saturated rings. The van der Waals surface area contributed by atoms with Crippen LogP contribution in [0.4, 0.5) is 17.1 Å². The Balaban J connectivity index is 2.09. The molecule has 2 rings (SSSR count). The standard InChI is InChI=1S/C17H19N3O2S/c1-11(2)13-5-7-14(8-6-13)18-17(23)19-15-9-4-12(3)10-16(15)20(21)22/h4-11H,1-3H3,(H2,18,19,23). The van der Waals surface area contributed by atoms with Gasteiger partial charge >= 0.3 is 0 Å². The molecular weight excluding hydrogens is 310 g/mol. The highest BCUT2D eigenvalue weighted by molar-refractivity contribution is 7.80. The lowest BCUT2D eigenvalue weighted by Crippen LogP contribution is -2.19. The molecule has 23 heavy (non-hydrogen) atoms. The summed E-state index contributed by atoms with van der Waals surface area (Å²) >= 11 is 5.24. The Bertz CT molecular complexity index is 727. The second-order valence-corrected chi connectivity index (χ2v) is 6.04. The third-order valence-corrected chi connectivity index (χ3v) is 3.64. The van der Waals surface area contributed by atoms with E-state index in [0.29, 0.717) is 16.7 Å². The topological polar surface area (TPSA) is 67.2 Å². The van der Waals surface area contributed by atoms with Gasteiger partial charge in [-0.05, 0) is 54.4 Å². The molecule has 0 saturated carbocycles. The summed E-state index contributed by atoms with van der Waals surface area (Å²) < 4.78 is 0. The Morgan fingerprint density at radius 2 is 1.78 bits per heavy atom. The average molecular weight is 329 g/mol. The largest absolute Gasteiger partial charge is 0.332 e. The smallest absolute Gasteiger partial charge is 0.292 e. The SMILES string of the molecule is Cc1ccc(NC(=S)Nc2ccc(C(C)C)cc2)c([N+](=O)[O-])c1. The summed E-state index contributed by atoms with van der Waals surface area (Å²) in [5, 5.41) is 17.3. The van der Waals surface area contributed by atoms with Crippen LogP contribution in [0.5, 0.6) is 0 Å². The minimum Gasteiger partial charge on any atom is -0.332 e. The van der Waals surface area contributed by atoms with Crippen molar-refractivity contribution in [2.45, 2.75) is 26.7 Å². The molecule has 5 nitrogen and oxygen atoms in total. The van der Waals surface area contributed by atoms with Crippen molar-refractivity contribution in [3.05, 3.63) is 63.7 Å². The van der Waals surface area contributed by atoms with Crippen LogP contribution in [0.25, 0.3) is 0 Å². The fourth-order valence-corrected chi connectivity index (χ4v) is 2.36. The lowest BCUT2D eigenvalue weighted by molar-refractivity contribution is -0.383. The summed E-state index contributed by atoms with van der Waals surface area (Å²) in [4.78, 5) is 10.7. The van der Waals surface area contributed by atoms with Crippen molar-refractivity contribution in [1.82, 2.24) is 0 Å². The molecular formula is C17H19N3O2S. The molecule has 2 N–H and O–H groups in total. The van der Waals surface area contributed by atoms with Crippen LogP contribution in [0.15, 0.2) is 42.5 Å². The van der Waals surface area contributed by atoms with Crippen molar-refractivity contribution in [2.24, 2.45) is 0 Å². The zero-order chi connectivity index (χ0) is 17.0. The zero-order valence-corrected chi connectivity index (χ0v) is 14.1. The number of benzene rings is 2. The minimum absolute atomic E-state index is 0.00399. The molecule has 0 aliphatic carbocycles. The second-order valence-electron chi connectivity index (χ2n) is 5.63. The van der Waals surface area contributed by atoms with Crippen LogP contribution in [0.2, 0.25) is 0 Å². The summed E-state index contributed by atoms with van der Waals surface area (Å²) in [6.45, 7) is 6.07. The maximum absolute atomic E-state index is 11.1. The Morgan fingerprint density at radius 3 is 2.35 bits per heavy atom. The highest BCUT2D eigenvalue weighted by Crippen LogP contribution is 2.25. The van der Waals surface area contributed by atoms with Crippen LogP contribution in [0, 0.1) is 17.0 Å².